The summed E-state index contributed by atoms with van der Waals surface area (Å²) in [5, 5.41) is 23.2. The highest BCUT2D eigenvalue weighted by atomic mass is 16.6. The molecular formula is C18H14N6O2. The Labute approximate surface area is 149 Å². The lowest BCUT2D eigenvalue weighted by Gasteiger charge is -2.03. The number of nitrogens with zero attached hydrogens (tertiary/aromatic N) is 5. The second-order valence-corrected chi connectivity index (χ2v) is 5.11. The zero-order valence-corrected chi connectivity index (χ0v) is 13.6. The molecule has 0 atom stereocenters. The van der Waals surface area contributed by atoms with Gasteiger partial charge in [0.25, 0.3) is 5.69 Å². The first kappa shape index (κ1) is 16.9. The van der Waals surface area contributed by atoms with E-state index in [-0.39, 0.29) is 5.69 Å². The van der Waals surface area contributed by atoms with Gasteiger partial charge in [0.2, 0.25) is 5.84 Å². The molecule has 0 saturated heterocycles. The number of aromatic nitrogens is 1. The predicted octanol–water partition coefficient (Wildman–Crippen LogP) is 4.55. The lowest BCUT2D eigenvalue weighted by molar-refractivity contribution is -0.384. The summed E-state index contributed by atoms with van der Waals surface area (Å²) >= 11 is 0. The first-order valence-electron chi connectivity index (χ1n) is 7.69. The molecule has 8 heteroatoms. The third kappa shape index (κ3) is 4.54. The van der Waals surface area contributed by atoms with Crippen molar-refractivity contribution >= 4 is 23.0 Å². The Morgan fingerprint density at radius 2 is 1.69 bits per heavy atom. The minimum atomic E-state index is -0.455. The maximum atomic E-state index is 10.7. The van der Waals surface area contributed by atoms with Gasteiger partial charge in [-0.25, -0.2) is 4.98 Å². The largest absolute Gasteiger partial charge is 0.276 e. The summed E-state index contributed by atoms with van der Waals surface area (Å²) in [5.74, 6) is 0.820. The third-order valence-corrected chi connectivity index (χ3v) is 3.30. The van der Waals surface area contributed by atoms with Crippen LogP contribution in [0.4, 0.5) is 17.2 Å². The van der Waals surface area contributed by atoms with Crippen LogP contribution in [0.2, 0.25) is 0 Å². The Balaban J connectivity index is 1.84. The van der Waals surface area contributed by atoms with E-state index in [1.807, 2.05) is 36.4 Å². The first-order chi connectivity index (χ1) is 12.7. The van der Waals surface area contributed by atoms with Gasteiger partial charge in [0.15, 0.2) is 5.82 Å². The number of rotatable bonds is 5. The molecule has 0 aliphatic heterocycles. The monoisotopic (exact) mass is 346 g/mol. The summed E-state index contributed by atoms with van der Waals surface area (Å²) in [6.07, 6.45) is 1.63. The molecule has 26 heavy (non-hydrogen) atoms. The van der Waals surface area contributed by atoms with E-state index in [0.717, 1.165) is 5.56 Å². The number of hydrogen-bond acceptors (Lipinski definition) is 6. The van der Waals surface area contributed by atoms with E-state index < -0.39 is 4.92 Å². The van der Waals surface area contributed by atoms with E-state index in [2.05, 4.69) is 25.7 Å². The number of amidine groups is 1. The number of non-ortho nitro benzene ring substituents is 1. The molecule has 1 heterocycles. The number of pyridine rings is 1. The molecule has 0 radical (unpaired) electrons. The number of nitrogens with one attached hydrogen (secondary N) is 1. The standard InChI is InChI=1S/C18H14N6O2/c25-24(26)16-11-9-15(10-12-16)20-22-18(14-6-2-1-3-7-14)23-21-17-8-4-5-13-19-17/h1-13,20H. The van der Waals surface area contributed by atoms with Gasteiger partial charge in [0.1, 0.15) is 0 Å². The van der Waals surface area contributed by atoms with E-state index in [9.17, 15) is 10.1 Å². The molecule has 8 nitrogen and oxygen atoms in total. The van der Waals surface area contributed by atoms with E-state index >= 15 is 0 Å². The van der Waals surface area contributed by atoms with Crippen molar-refractivity contribution in [2.45, 2.75) is 0 Å². The maximum absolute atomic E-state index is 10.7. The summed E-state index contributed by atoms with van der Waals surface area (Å²) in [4.78, 5) is 14.3. The van der Waals surface area contributed by atoms with Gasteiger partial charge < -0.3 is 0 Å². The van der Waals surface area contributed by atoms with Crippen LogP contribution in [0.15, 0.2) is 94.3 Å². The predicted molar refractivity (Wildman–Crippen MR) is 98.5 cm³/mol. The van der Waals surface area contributed by atoms with Crippen LogP contribution in [0.3, 0.4) is 0 Å². The Morgan fingerprint density at radius 3 is 2.35 bits per heavy atom. The van der Waals surface area contributed by atoms with Gasteiger partial charge in [-0.3, -0.25) is 15.5 Å². The van der Waals surface area contributed by atoms with Crippen molar-refractivity contribution < 1.29 is 4.92 Å². The molecule has 0 fully saturated rings. The third-order valence-electron chi connectivity index (χ3n) is 3.30. The van der Waals surface area contributed by atoms with Crippen molar-refractivity contribution in [2.24, 2.45) is 15.3 Å². The Kier molecular flexibility index (Phi) is 5.36. The second kappa shape index (κ2) is 8.25. The highest BCUT2D eigenvalue weighted by molar-refractivity contribution is 5.99. The van der Waals surface area contributed by atoms with E-state index in [4.69, 9.17) is 0 Å². The molecule has 0 aliphatic carbocycles. The zero-order valence-electron chi connectivity index (χ0n) is 13.6. The highest BCUT2D eigenvalue weighted by Gasteiger charge is 2.05. The van der Waals surface area contributed by atoms with Crippen LogP contribution in [0.5, 0.6) is 0 Å². The maximum Gasteiger partial charge on any atom is 0.269 e. The van der Waals surface area contributed by atoms with Gasteiger partial charge >= 0.3 is 0 Å². The molecule has 0 spiro atoms. The number of anilines is 1. The van der Waals surface area contributed by atoms with Gasteiger partial charge in [-0.2, -0.15) is 5.10 Å². The lowest BCUT2D eigenvalue weighted by atomic mass is 10.2. The molecule has 0 unspecified atom stereocenters. The van der Waals surface area contributed by atoms with Crippen LogP contribution in [-0.4, -0.2) is 15.7 Å². The summed E-state index contributed by atoms with van der Waals surface area (Å²) in [5.41, 5.74) is 4.21. The molecule has 0 saturated carbocycles. The number of nitro benzene ring substituents is 1. The molecule has 1 aromatic heterocycles. The summed E-state index contributed by atoms with van der Waals surface area (Å²) in [6, 6.07) is 20.6. The fourth-order valence-electron chi connectivity index (χ4n) is 2.02. The molecule has 0 aliphatic rings. The van der Waals surface area contributed by atoms with Crippen molar-refractivity contribution in [1.29, 1.82) is 0 Å². The van der Waals surface area contributed by atoms with Crippen LogP contribution in [-0.2, 0) is 0 Å². The average molecular weight is 346 g/mol. The van der Waals surface area contributed by atoms with E-state index in [1.165, 1.54) is 12.1 Å². The smallest absolute Gasteiger partial charge is 0.269 e. The Bertz CT molecular complexity index is 925. The van der Waals surface area contributed by atoms with Crippen LogP contribution >= 0.6 is 0 Å². The first-order valence-corrected chi connectivity index (χ1v) is 7.69. The molecule has 0 bridgehead atoms. The zero-order chi connectivity index (χ0) is 18.2. The molecule has 3 aromatic rings. The minimum Gasteiger partial charge on any atom is -0.276 e. The normalized spacial score (nSPS) is 11.5. The Hall–Kier alpha value is -3.94. The van der Waals surface area contributed by atoms with Gasteiger partial charge in [-0.05, 0) is 24.3 Å². The molecule has 1 N–H and O–H groups in total. The van der Waals surface area contributed by atoms with Crippen molar-refractivity contribution in [3.05, 3.63) is 94.7 Å². The van der Waals surface area contributed by atoms with Gasteiger partial charge in [0.05, 0.1) is 10.6 Å². The molecule has 128 valence electrons. The summed E-state index contributed by atoms with van der Waals surface area (Å²) in [7, 11) is 0. The van der Waals surface area contributed by atoms with Crippen LogP contribution in [0.25, 0.3) is 0 Å². The van der Waals surface area contributed by atoms with E-state index in [0.29, 0.717) is 17.3 Å². The number of hydrazone groups is 1. The van der Waals surface area contributed by atoms with Crippen LogP contribution in [0, 0.1) is 10.1 Å². The molecule has 3 rings (SSSR count). The minimum absolute atomic E-state index is 0.0117. The second-order valence-electron chi connectivity index (χ2n) is 5.11. The summed E-state index contributed by atoms with van der Waals surface area (Å²) in [6.45, 7) is 0. The number of nitro groups is 1. The molecule has 2 aromatic carbocycles. The quantitative estimate of drug-likeness (QED) is 0.240. The van der Waals surface area contributed by atoms with Crippen molar-refractivity contribution in [2.75, 3.05) is 5.43 Å². The fraction of sp³-hybridized carbons (Fsp3) is 0. The molecular weight excluding hydrogens is 332 g/mol. The number of hydrogen-bond donors (Lipinski definition) is 1. The van der Waals surface area contributed by atoms with Crippen molar-refractivity contribution in [1.82, 2.24) is 4.98 Å². The highest BCUT2D eigenvalue weighted by Crippen LogP contribution is 2.16. The number of benzene rings is 2. The van der Waals surface area contributed by atoms with Crippen LogP contribution in [0.1, 0.15) is 5.56 Å². The van der Waals surface area contributed by atoms with Gasteiger partial charge in [0, 0.05) is 23.9 Å². The van der Waals surface area contributed by atoms with Gasteiger partial charge in [-0.1, -0.05) is 36.4 Å². The Morgan fingerprint density at radius 1 is 0.962 bits per heavy atom. The van der Waals surface area contributed by atoms with Crippen LogP contribution < -0.4 is 5.43 Å². The molecule has 0 amide bonds. The topological polar surface area (TPSA) is 105 Å². The number of azo groups is 1. The van der Waals surface area contributed by atoms with Crippen molar-refractivity contribution in [3.8, 4) is 0 Å². The summed E-state index contributed by atoms with van der Waals surface area (Å²) < 4.78 is 0. The van der Waals surface area contributed by atoms with Crippen molar-refractivity contribution in [3.63, 3.8) is 0 Å². The average Bonchev–Trinajstić information content (AvgIpc) is 2.70. The SMILES string of the molecule is O=[N+]([O-])c1ccc(NN=C(N=Nc2ccccn2)c2ccccc2)cc1. The van der Waals surface area contributed by atoms with E-state index in [1.54, 1.807) is 30.5 Å². The fourth-order valence-corrected chi connectivity index (χ4v) is 2.02. The lowest BCUT2D eigenvalue weighted by Crippen LogP contribution is -2.01. The van der Waals surface area contributed by atoms with Gasteiger partial charge in [-0.15, -0.1) is 10.2 Å².